The summed E-state index contributed by atoms with van der Waals surface area (Å²) in [5.74, 6) is 0. The molecule has 0 amide bonds. The second-order valence-electron chi connectivity index (χ2n) is 4.72. The van der Waals surface area contributed by atoms with E-state index in [9.17, 15) is 5.11 Å². The Bertz CT molecular complexity index is 794. The zero-order chi connectivity index (χ0) is 14.8. The molecule has 0 bridgehead atoms. The van der Waals surface area contributed by atoms with Crippen molar-refractivity contribution in [2.75, 3.05) is 0 Å². The molecular formula is C16H12BrClN2O. The van der Waals surface area contributed by atoms with E-state index < -0.39 is 6.10 Å². The number of aliphatic hydroxyl groups excluding tert-OH is 1. The number of benzene rings is 1. The van der Waals surface area contributed by atoms with Crippen molar-refractivity contribution in [3.63, 3.8) is 0 Å². The summed E-state index contributed by atoms with van der Waals surface area (Å²) in [6.07, 6.45) is 4.74. The van der Waals surface area contributed by atoms with Crippen molar-refractivity contribution in [2.45, 2.75) is 12.5 Å². The molecule has 21 heavy (non-hydrogen) atoms. The molecule has 0 saturated heterocycles. The molecule has 106 valence electrons. The minimum atomic E-state index is -0.671. The minimum absolute atomic E-state index is 0.425. The Labute approximate surface area is 135 Å². The summed E-state index contributed by atoms with van der Waals surface area (Å²) in [6.45, 7) is 0. The number of fused-ring (bicyclic) bond motifs is 1. The minimum Gasteiger partial charge on any atom is -0.388 e. The van der Waals surface area contributed by atoms with Crippen molar-refractivity contribution in [1.29, 1.82) is 0 Å². The van der Waals surface area contributed by atoms with Crippen LogP contribution in [0.15, 0.2) is 53.4 Å². The Balaban J connectivity index is 2.01. The van der Waals surface area contributed by atoms with Crippen LogP contribution in [0.2, 0.25) is 5.02 Å². The summed E-state index contributed by atoms with van der Waals surface area (Å²) in [7, 11) is 0. The van der Waals surface area contributed by atoms with Gasteiger partial charge in [0.1, 0.15) is 0 Å². The summed E-state index contributed by atoms with van der Waals surface area (Å²) in [5.41, 5.74) is 2.46. The van der Waals surface area contributed by atoms with Gasteiger partial charge >= 0.3 is 0 Å². The topological polar surface area (TPSA) is 46.0 Å². The molecule has 1 aromatic carbocycles. The Hall–Kier alpha value is -1.49. The lowest BCUT2D eigenvalue weighted by Gasteiger charge is -2.14. The first-order valence-electron chi connectivity index (χ1n) is 6.46. The fourth-order valence-electron chi connectivity index (χ4n) is 2.32. The fraction of sp³-hybridized carbons (Fsp3) is 0.125. The molecule has 3 rings (SSSR count). The number of pyridine rings is 2. The van der Waals surface area contributed by atoms with Gasteiger partial charge in [-0.2, -0.15) is 0 Å². The zero-order valence-corrected chi connectivity index (χ0v) is 13.3. The van der Waals surface area contributed by atoms with E-state index >= 15 is 0 Å². The molecule has 1 N–H and O–H groups in total. The highest BCUT2D eigenvalue weighted by Gasteiger charge is 2.15. The van der Waals surface area contributed by atoms with Crippen molar-refractivity contribution in [3.8, 4) is 0 Å². The quantitative estimate of drug-likeness (QED) is 0.753. The lowest BCUT2D eigenvalue weighted by molar-refractivity contribution is 0.180. The summed E-state index contributed by atoms with van der Waals surface area (Å²) < 4.78 is 0.962. The molecule has 0 fully saturated rings. The number of aromatic nitrogens is 2. The van der Waals surface area contributed by atoms with Crippen molar-refractivity contribution in [3.05, 3.63) is 69.5 Å². The zero-order valence-electron chi connectivity index (χ0n) is 11.0. The highest BCUT2D eigenvalue weighted by Crippen LogP contribution is 2.31. The van der Waals surface area contributed by atoms with Crippen molar-refractivity contribution >= 4 is 38.4 Å². The number of rotatable bonds is 3. The predicted octanol–water partition coefficient (Wildman–Crippen LogP) is 4.32. The molecule has 0 radical (unpaired) electrons. The van der Waals surface area contributed by atoms with Crippen LogP contribution in [0, 0.1) is 0 Å². The third-order valence-corrected chi connectivity index (χ3v) is 4.41. The van der Waals surface area contributed by atoms with Gasteiger partial charge in [-0.05, 0) is 23.8 Å². The molecule has 2 heterocycles. The van der Waals surface area contributed by atoms with Crippen molar-refractivity contribution in [2.24, 2.45) is 0 Å². The van der Waals surface area contributed by atoms with Gasteiger partial charge in [-0.3, -0.25) is 9.97 Å². The lowest BCUT2D eigenvalue weighted by atomic mass is 9.99. The number of halogens is 2. The Morgan fingerprint density at radius 3 is 2.86 bits per heavy atom. The third kappa shape index (κ3) is 2.93. The molecule has 0 saturated carbocycles. The second-order valence-corrected chi connectivity index (χ2v) is 5.98. The standard InChI is InChI=1S/C16H12BrClN2O/c17-13-4-3-12(16-11(13)2-1-6-20-16)15(21)8-10-5-7-19-9-14(10)18/h1-7,9,15,21H,8H2. The van der Waals surface area contributed by atoms with Crippen LogP contribution in [-0.4, -0.2) is 15.1 Å². The van der Waals surface area contributed by atoms with Gasteiger partial charge in [-0.25, -0.2) is 0 Å². The van der Waals surface area contributed by atoms with E-state index in [1.54, 1.807) is 18.6 Å². The molecule has 2 aromatic heterocycles. The van der Waals surface area contributed by atoms with Crippen LogP contribution in [0.1, 0.15) is 17.2 Å². The average Bonchev–Trinajstić information content (AvgIpc) is 2.50. The Morgan fingerprint density at radius 1 is 1.19 bits per heavy atom. The van der Waals surface area contributed by atoms with E-state index in [2.05, 4.69) is 25.9 Å². The molecule has 3 nitrogen and oxygen atoms in total. The van der Waals surface area contributed by atoms with Crippen LogP contribution in [0.3, 0.4) is 0 Å². The first-order valence-corrected chi connectivity index (χ1v) is 7.63. The lowest BCUT2D eigenvalue weighted by Crippen LogP contribution is -2.04. The first-order chi connectivity index (χ1) is 10.2. The molecular weight excluding hydrogens is 352 g/mol. The second kappa shape index (κ2) is 6.10. The summed E-state index contributed by atoms with van der Waals surface area (Å²) in [4.78, 5) is 8.35. The van der Waals surface area contributed by atoms with Gasteiger partial charge in [-0.15, -0.1) is 0 Å². The predicted molar refractivity (Wildman–Crippen MR) is 87.4 cm³/mol. The molecule has 0 aliphatic heterocycles. The molecule has 0 aliphatic rings. The normalized spacial score (nSPS) is 12.5. The maximum absolute atomic E-state index is 10.6. The monoisotopic (exact) mass is 362 g/mol. The highest BCUT2D eigenvalue weighted by atomic mass is 79.9. The van der Waals surface area contributed by atoms with Crippen LogP contribution in [0.5, 0.6) is 0 Å². The van der Waals surface area contributed by atoms with E-state index in [-0.39, 0.29) is 0 Å². The Kier molecular flexibility index (Phi) is 4.19. The van der Waals surface area contributed by atoms with Crippen LogP contribution in [0.4, 0.5) is 0 Å². The maximum Gasteiger partial charge on any atom is 0.0852 e. The number of aliphatic hydroxyl groups is 1. The van der Waals surface area contributed by atoms with Crippen molar-refractivity contribution in [1.82, 2.24) is 9.97 Å². The summed E-state index contributed by atoms with van der Waals surface area (Å²) >= 11 is 9.61. The number of nitrogens with zero attached hydrogens (tertiary/aromatic N) is 2. The number of hydrogen-bond donors (Lipinski definition) is 1. The smallest absolute Gasteiger partial charge is 0.0852 e. The highest BCUT2D eigenvalue weighted by molar-refractivity contribution is 9.10. The van der Waals surface area contributed by atoms with Gasteiger partial charge < -0.3 is 5.11 Å². The van der Waals surface area contributed by atoms with Crippen LogP contribution in [0.25, 0.3) is 10.9 Å². The van der Waals surface area contributed by atoms with E-state index in [0.717, 1.165) is 26.5 Å². The van der Waals surface area contributed by atoms with E-state index in [4.69, 9.17) is 11.6 Å². The van der Waals surface area contributed by atoms with Gasteiger partial charge in [0.25, 0.3) is 0 Å². The van der Waals surface area contributed by atoms with Crippen LogP contribution >= 0.6 is 27.5 Å². The van der Waals surface area contributed by atoms with Crippen LogP contribution < -0.4 is 0 Å². The van der Waals surface area contributed by atoms with Gasteiger partial charge in [0.05, 0.1) is 16.6 Å². The molecule has 3 aromatic rings. The summed E-state index contributed by atoms with van der Waals surface area (Å²) in [6, 6.07) is 9.49. The third-order valence-electron chi connectivity index (χ3n) is 3.38. The number of hydrogen-bond acceptors (Lipinski definition) is 3. The largest absolute Gasteiger partial charge is 0.388 e. The van der Waals surface area contributed by atoms with Gasteiger partial charge in [0.15, 0.2) is 0 Å². The maximum atomic E-state index is 10.6. The molecule has 1 unspecified atom stereocenters. The van der Waals surface area contributed by atoms with E-state index in [1.807, 2.05) is 30.3 Å². The molecule has 0 spiro atoms. The van der Waals surface area contributed by atoms with Crippen LogP contribution in [-0.2, 0) is 6.42 Å². The first kappa shape index (κ1) is 14.4. The fourth-order valence-corrected chi connectivity index (χ4v) is 2.97. The Morgan fingerprint density at radius 2 is 2.05 bits per heavy atom. The van der Waals surface area contributed by atoms with Gasteiger partial charge in [0, 0.05) is 40.4 Å². The molecule has 1 atom stereocenters. The van der Waals surface area contributed by atoms with Gasteiger partial charge in [-0.1, -0.05) is 39.7 Å². The summed E-state index contributed by atoms with van der Waals surface area (Å²) in [5, 5.41) is 12.1. The van der Waals surface area contributed by atoms with Gasteiger partial charge in [0.2, 0.25) is 0 Å². The van der Waals surface area contributed by atoms with E-state index in [0.29, 0.717) is 11.4 Å². The van der Waals surface area contributed by atoms with Crippen molar-refractivity contribution < 1.29 is 5.11 Å². The molecule has 5 heteroatoms. The van der Waals surface area contributed by atoms with E-state index in [1.165, 1.54) is 0 Å². The molecule has 0 aliphatic carbocycles. The SMILES string of the molecule is OC(Cc1ccncc1Cl)c1ccc(Br)c2cccnc12. The average molecular weight is 364 g/mol.